The van der Waals surface area contributed by atoms with Gasteiger partial charge in [0.2, 0.25) is 0 Å². The van der Waals surface area contributed by atoms with Crippen LogP contribution in [-0.4, -0.2) is 9.55 Å². The van der Waals surface area contributed by atoms with Crippen LogP contribution in [0.4, 0.5) is 5.69 Å². The molecule has 0 unspecified atom stereocenters. The molecule has 3 rings (SSSR count). The fraction of sp³-hybridized carbons (Fsp3) is 0.235. The predicted molar refractivity (Wildman–Crippen MR) is 89.7 cm³/mol. The van der Waals surface area contributed by atoms with Crippen molar-refractivity contribution in [3.05, 3.63) is 47.0 Å². The fourth-order valence-corrected chi connectivity index (χ4v) is 2.74. The molecule has 3 nitrogen and oxygen atoms in total. The minimum atomic E-state index is 0.300. The number of rotatable bonds is 2. The van der Waals surface area contributed by atoms with E-state index in [1.165, 1.54) is 0 Å². The van der Waals surface area contributed by atoms with Gasteiger partial charge in [0.25, 0.3) is 0 Å². The quantitative estimate of drug-likeness (QED) is 0.689. The summed E-state index contributed by atoms with van der Waals surface area (Å²) in [7, 11) is 0. The van der Waals surface area contributed by atoms with Crippen LogP contribution in [0.1, 0.15) is 25.5 Å². The Morgan fingerprint density at radius 1 is 1.14 bits per heavy atom. The van der Waals surface area contributed by atoms with Crippen molar-refractivity contribution in [3.8, 4) is 11.4 Å². The molecule has 0 amide bonds. The highest BCUT2D eigenvalue weighted by Gasteiger charge is 2.15. The van der Waals surface area contributed by atoms with Crippen LogP contribution in [0.25, 0.3) is 22.4 Å². The van der Waals surface area contributed by atoms with Crippen molar-refractivity contribution in [1.82, 2.24) is 9.55 Å². The molecular weight excluding hydrogens is 282 g/mol. The highest BCUT2D eigenvalue weighted by atomic mass is 35.5. The second kappa shape index (κ2) is 5.08. The molecule has 1 heterocycles. The molecule has 0 spiro atoms. The van der Waals surface area contributed by atoms with Crippen LogP contribution < -0.4 is 5.73 Å². The number of halogens is 1. The van der Waals surface area contributed by atoms with Crippen molar-refractivity contribution in [1.29, 1.82) is 0 Å². The summed E-state index contributed by atoms with van der Waals surface area (Å²) < 4.78 is 2.22. The van der Waals surface area contributed by atoms with E-state index in [-0.39, 0.29) is 0 Å². The monoisotopic (exact) mass is 299 g/mol. The molecule has 0 aliphatic carbocycles. The molecule has 0 aliphatic rings. The number of hydrogen-bond donors (Lipinski definition) is 1. The van der Waals surface area contributed by atoms with E-state index in [9.17, 15) is 0 Å². The summed E-state index contributed by atoms with van der Waals surface area (Å²) in [6.45, 7) is 6.30. The van der Waals surface area contributed by atoms with Gasteiger partial charge in [-0.15, -0.1) is 0 Å². The Morgan fingerprint density at radius 2 is 1.90 bits per heavy atom. The standard InChI is InChI=1S/C17H18ClN3/c1-10(2)21-16-7-6-13(18)9-15(16)20-17(21)12-5-4-11(3)14(19)8-12/h4-10H,19H2,1-3H3. The summed E-state index contributed by atoms with van der Waals surface area (Å²) in [4.78, 5) is 4.76. The fourth-order valence-electron chi connectivity index (χ4n) is 2.58. The molecule has 0 atom stereocenters. The Balaban J connectivity index is 2.30. The third kappa shape index (κ3) is 2.38. The first-order valence-corrected chi connectivity index (χ1v) is 7.39. The maximum Gasteiger partial charge on any atom is 0.141 e. The van der Waals surface area contributed by atoms with Crippen molar-refractivity contribution < 1.29 is 0 Å². The van der Waals surface area contributed by atoms with Gasteiger partial charge in [0, 0.05) is 22.3 Å². The molecule has 1 aromatic heterocycles. The van der Waals surface area contributed by atoms with Crippen molar-refractivity contribution >= 4 is 28.3 Å². The molecule has 0 bridgehead atoms. The van der Waals surface area contributed by atoms with E-state index in [1.54, 1.807) is 0 Å². The molecule has 2 aromatic carbocycles. The van der Waals surface area contributed by atoms with Crippen molar-refractivity contribution in [2.45, 2.75) is 26.8 Å². The Bertz CT molecular complexity index is 818. The SMILES string of the molecule is Cc1ccc(-c2nc3cc(Cl)ccc3n2C(C)C)cc1N. The van der Waals surface area contributed by atoms with Gasteiger partial charge < -0.3 is 10.3 Å². The lowest BCUT2D eigenvalue weighted by Crippen LogP contribution is -2.03. The summed E-state index contributed by atoms with van der Waals surface area (Å²) in [5, 5.41) is 0.700. The minimum absolute atomic E-state index is 0.300. The molecule has 0 fully saturated rings. The van der Waals surface area contributed by atoms with Gasteiger partial charge in [-0.05, 0) is 50.6 Å². The molecule has 2 N–H and O–H groups in total. The van der Waals surface area contributed by atoms with E-state index >= 15 is 0 Å². The molecule has 0 saturated heterocycles. The van der Waals surface area contributed by atoms with Crippen molar-refractivity contribution in [3.63, 3.8) is 0 Å². The Morgan fingerprint density at radius 3 is 2.57 bits per heavy atom. The molecule has 108 valence electrons. The van der Waals surface area contributed by atoms with Gasteiger partial charge in [-0.2, -0.15) is 0 Å². The number of hydrogen-bond acceptors (Lipinski definition) is 2. The van der Waals surface area contributed by atoms with Crippen LogP contribution >= 0.6 is 11.6 Å². The zero-order chi connectivity index (χ0) is 15.1. The maximum atomic E-state index is 6.08. The third-order valence-electron chi connectivity index (χ3n) is 3.71. The molecular formula is C17H18ClN3. The number of aryl methyl sites for hydroxylation is 1. The highest BCUT2D eigenvalue weighted by molar-refractivity contribution is 6.31. The number of imidazole rings is 1. The largest absolute Gasteiger partial charge is 0.398 e. The van der Waals surface area contributed by atoms with E-state index in [4.69, 9.17) is 22.3 Å². The normalized spacial score (nSPS) is 11.5. The average molecular weight is 300 g/mol. The van der Waals surface area contributed by atoms with Crippen molar-refractivity contribution in [2.75, 3.05) is 5.73 Å². The minimum Gasteiger partial charge on any atom is -0.398 e. The van der Waals surface area contributed by atoms with Gasteiger partial charge in [0.15, 0.2) is 0 Å². The third-order valence-corrected chi connectivity index (χ3v) is 3.94. The van der Waals surface area contributed by atoms with E-state index in [0.717, 1.165) is 33.7 Å². The lowest BCUT2D eigenvalue weighted by Gasteiger charge is -2.14. The van der Waals surface area contributed by atoms with Crippen LogP contribution in [0.3, 0.4) is 0 Å². The summed E-state index contributed by atoms with van der Waals surface area (Å²) in [6, 6.07) is 12.2. The van der Waals surface area contributed by atoms with Crippen LogP contribution in [-0.2, 0) is 0 Å². The molecule has 0 saturated carbocycles. The van der Waals surface area contributed by atoms with Crippen LogP contribution in [0, 0.1) is 6.92 Å². The second-order valence-corrected chi connectivity index (χ2v) is 6.04. The molecule has 0 radical (unpaired) electrons. The molecule has 3 aromatic rings. The summed E-state index contributed by atoms with van der Waals surface area (Å²) >= 11 is 6.08. The van der Waals surface area contributed by atoms with Gasteiger partial charge in [0.1, 0.15) is 5.82 Å². The van der Waals surface area contributed by atoms with Gasteiger partial charge in [0.05, 0.1) is 11.0 Å². The van der Waals surface area contributed by atoms with Gasteiger partial charge >= 0.3 is 0 Å². The summed E-state index contributed by atoms with van der Waals surface area (Å²) in [5.41, 5.74) is 10.9. The lowest BCUT2D eigenvalue weighted by atomic mass is 10.1. The van der Waals surface area contributed by atoms with E-state index < -0.39 is 0 Å². The number of nitrogen functional groups attached to an aromatic ring is 1. The first-order valence-electron chi connectivity index (χ1n) is 7.01. The zero-order valence-electron chi connectivity index (χ0n) is 12.4. The smallest absolute Gasteiger partial charge is 0.141 e. The number of benzene rings is 2. The number of nitrogens with zero attached hydrogens (tertiary/aromatic N) is 2. The molecule has 4 heteroatoms. The Hall–Kier alpha value is -2.00. The lowest BCUT2D eigenvalue weighted by molar-refractivity contribution is 0.624. The second-order valence-electron chi connectivity index (χ2n) is 5.60. The van der Waals surface area contributed by atoms with Crippen LogP contribution in [0.15, 0.2) is 36.4 Å². The topological polar surface area (TPSA) is 43.8 Å². The van der Waals surface area contributed by atoms with Gasteiger partial charge in [-0.25, -0.2) is 4.98 Å². The first kappa shape index (κ1) is 14.0. The van der Waals surface area contributed by atoms with E-state index in [2.05, 4.69) is 24.5 Å². The average Bonchev–Trinajstić information content (AvgIpc) is 2.80. The van der Waals surface area contributed by atoms with E-state index in [0.29, 0.717) is 11.1 Å². The highest BCUT2D eigenvalue weighted by Crippen LogP contribution is 2.31. The number of aromatic nitrogens is 2. The van der Waals surface area contributed by atoms with Gasteiger partial charge in [-0.3, -0.25) is 0 Å². The Labute approximate surface area is 129 Å². The predicted octanol–water partition coefficient (Wildman–Crippen LogP) is 4.83. The van der Waals surface area contributed by atoms with Crippen molar-refractivity contribution in [2.24, 2.45) is 0 Å². The van der Waals surface area contributed by atoms with Gasteiger partial charge in [-0.1, -0.05) is 23.7 Å². The van der Waals surface area contributed by atoms with Crippen LogP contribution in [0.2, 0.25) is 5.02 Å². The maximum absolute atomic E-state index is 6.08. The molecule has 21 heavy (non-hydrogen) atoms. The summed E-state index contributed by atoms with van der Waals surface area (Å²) in [5.74, 6) is 0.925. The summed E-state index contributed by atoms with van der Waals surface area (Å²) in [6.07, 6.45) is 0. The van der Waals surface area contributed by atoms with E-state index in [1.807, 2.05) is 37.3 Å². The number of fused-ring (bicyclic) bond motifs is 1. The zero-order valence-corrected chi connectivity index (χ0v) is 13.1. The molecule has 0 aliphatic heterocycles. The number of nitrogens with two attached hydrogens (primary N) is 1. The Kier molecular flexibility index (Phi) is 3.38. The number of anilines is 1. The first-order chi connectivity index (χ1) is 9.97. The van der Waals surface area contributed by atoms with Crippen LogP contribution in [0.5, 0.6) is 0 Å².